The Hall–Kier alpha value is -2.36. The minimum Gasteiger partial charge on any atom is -0.489 e. The quantitative estimate of drug-likeness (QED) is 0.789. The fourth-order valence-corrected chi connectivity index (χ4v) is 2.31. The number of halogens is 1. The van der Waals surface area contributed by atoms with Crippen molar-refractivity contribution in [2.24, 2.45) is 5.92 Å². The number of carbonyl (C=O) groups excluding carboxylic acids is 1. The molecule has 1 atom stereocenters. The van der Waals surface area contributed by atoms with Crippen LogP contribution in [0.25, 0.3) is 11.1 Å². The van der Waals surface area contributed by atoms with Gasteiger partial charge in [-0.05, 0) is 35.4 Å². The van der Waals surface area contributed by atoms with E-state index in [-0.39, 0.29) is 0 Å². The van der Waals surface area contributed by atoms with Gasteiger partial charge in [-0.25, -0.2) is 4.39 Å². The van der Waals surface area contributed by atoms with Crippen molar-refractivity contribution in [3.8, 4) is 22.6 Å². The van der Waals surface area contributed by atoms with Crippen LogP contribution in [0, 0.1) is 11.7 Å². The third-order valence-corrected chi connectivity index (χ3v) is 3.44. The topological polar surface area (TPSA) is 35.5 Å². The van der Waals surface area contributed by atoms with E-state index in [0.717, 1.165) is 5.56 Å². The van der Waals surface area contributed by atoms with Gasteiger partial charge in [-0.1, -0.05) is 19.1 Å². The van der Waals surface area contributed by atoms with Crippen LogP contribution in [0.2, 0.25) is 0 Å². The van der Waals surface area contributed by atoms with E-state index in [1.54, 1.807) is 6.07 Å². The second-order valence-electron chi connectivity index (χ2n) is 5.24. The minimum absolute atomic E-state index is 0.317. The van der Waals surface area contributed by atoms with Crippen LogP contribution in [0.15, 0.2) is 36.4 Å². The molecule has 0 N–H and O–H groups in total. The fraction of sp³-hybridized carbons (Fsp3) is 0.235. The van der Waals surface area contributed by atoms with Crippen LogP contribution in [0.5, 0.6) is 11.5 Å². The van der Waals surface area contributed by atoms with E-state index in [1.807, 2.05) is 18.2 Å². The Bertz CT molecular complexity index is 682. The summed E-state index contributed by atoms with van der Waals surface area (Å²) < 4.78 is 24.6. The van der Waals surface area contributed by atoms with Crippen LogP contribution in [-0.4, -0.2) is 19.5 Å². The average Bonchev–Trinajstić information content (AvgIpc) is 2.69. The molecule has 0 saturated carbocycles. The van der Waals surface area contributed by atoms with Crippen molar-refractivity contribution in [1.29, 1.82) is 0 Å². The number of fused-ring (bicyclic) bond motifs is 1. The average molecular weight is 286 g/mol. The van der Waals surface area contributed by atoms with E-state index in [0.29, 0.717) is 48.0 Å². The Balaban J connectivity index is 2.03. The Labute approximate surface area is 122 Å². The lowest BCUT2D eigenvalue weighted by Gasteiger charge is -2.10. The maximum absolute atomic E-state index is 13.2. The molecule has 0 radical (unpaired) electrons. The van der Waals surface area contributed by atoms with Crippen molar-refractivity contribution in [2.75, 3.05) is 13.2 Å². The van der Waals surface area contributed by atoms with Crippen LogP contribution < -0.4 is 9.47 Å². The van der Waals surface area contributed by atoms with Gasteiger partial charge in [0, 0.05) is 11.5 Å². The number of carbonyl (C=O) groups is 1. The van der Waals surface area contributed by atoms with E-state index < -0.39 is 5.82 Å². The predicted octanol–water partition coefficient (Wildman–Crippen LogP) is 3.71. The summed E-state index contributed by atoms with van der Waals surface area (Å²) in [4.78, 5) is 11.1. The normalized spacial score (nSPS) is 17.1. The van der Waals surface area contributed by atoms with Crippen molar-refractivity contribution in [3.05, 3.63) is 47.8 Å². The van der Waals surface area contributed by atoms with Crippen LogP contribution >= 0.6 is 0 Å². The third-order valence-electron chi connectivity index (χ3n) is 3.44. The molecule has 21 heavy (non-hydrogen) atoms. The van der Waals surface area contributed by atoms with Crippen LogP contribution in [0.1, 0.15) is 17.3 Å². The number of aldehydes is 1. The molecule has 1 aliphatic heterocycles. The Morgan fingerprint density at radius 3 is 2.62 bits per heavy atom. The van der Waals surface area contributed by atoms with E-state index >= 15 is 0 Å². The minimum atomic E-state index is -0.427. The summed E-state index contributed by atoms with van der Waals surface area (Å²) in [5, 5.41) is 0. The van der Waals surface area contributed by atoms with Gasteiger partial charge in [0.25, 0.3) is 0 Å². The van der Waals surface area contributed by atoms with E-state index in [9.17, 15) is 9.18 Å². The fourth-order valence-electron chi connectivity index (χ4n) is 2.31. The maximum Gasteiger partial charge on any atom is 0.161 e. The highest BCUT2D eigenvalue weighted by Gasteiger charge is 2.16. The molecule has 3 rings (SSSR count). The zero-order valence-corrected chi connectivity index (χ0v) is 11.6. The first-order valence-electron chi connectivity index (χ1n) is 6.82. The highest BCUT2D eigenvalue weighted by atomic mass is 19.1. The molecule has 3 nitrogen and oxygen atoms in total. The van der Waals surface area contributed by atoms with Gasteiger partial charge in [0.05, 0.1) is 13.2 Å². The third kappa shape index (κ3) is 2.75. The molecule has 108 valence electrons. The summed E-state index contributed by atoms with van der Waals surface area (Å²) in [7, 11) is 0. The molecule has 0 aromatic heterocycles. The Kier molecular flexibility index (Phi) is 3.60. The van der Waals surface area contributed by atoms with Gasteiger partial charge >= 0.3 is 0 Å². The van der Waals surface area contributed by atoms with Crippen molar-refractivity contribution >= 4 is 6.29 Å². The van der Waals surface area contributed by atoms with E-state index in [2.05, 4.69) is 6.92 Å². The molecule has 0 spiro atoms. The molecule has 0 saturated heterocycles. The maximum atomic E-state index is 13.2. The Morgan fingerprint density at radius 1 is 1.10 bits per heavy atom. The Morgan fingerprint density at radius 2 is 1.86 bits per heavy atom. The smallest absolute Gasteiger partial charge is 0.161 e. The second kappa shape index (κ2) is 5.56. The number of hydrogen-bond acceptors (Lipinski definition) is 3. The lowest BCUT2D eigenvalue weighted by molar-refractivity contribution is 0.112. The molecule has 1 unspecified atom stereocenters. The molecular formula is C17H15FO3. The first-order valence-corrected chi connectivity index (χ1v) is 6.82. The molecule has 4 heteroatoms. The van der Waals surface area contributed by atoms with Crippen LogP contribution in [0.4, 0.5) is 4.39 Å². The molecule has 0 aliphatic carbocycles. The standard InChI is InChI=1S/C17H15FO3/c1-11-9-20-16-5-2-12(7-17(16)21-10-11)15-4-3-14(18)6-13(15)8-19/h2-8,11H,9-10H2,1H3. The lowest BCUT2D eigenvalue weighted by atomic mass is 10.00. The summed E-state index contributed by atoms with van der Waals surface area (Å²) in [6.07, 6.45) is 0.656. The monoisotopic (exact) mass is 286 g/mol. The van der Waals surface area contributed by atoms with Gasteiger partial charge < -0.3 is 9.47 Å². The van der Waals surface area contributed by atoms with E-state index in [4.69, 9.17) is 9.47 Å². The zero-order valence-electron chi connectivity index (χ0n) is 11.6. The number of benzene rings is 2. The second-order valence-corrected chi connectivity index (χ2v) is 5.24. The van der Waals surface area contributed by atoms with Gasteiger partial charge in [0.1, 0.15) is 5.82 Å². The van der Waals surface area contributed by atoms with E-state index in [1.165, 1.54) is 12.1 Å². The molecule has 1 aliphatic rings. The lowest BCUT2D eigenvalue weighted by Crippen LogP contribution is -2.12. The molecule has 1 heterocycles. The largest absolute Gasteiger partial charge is 0.489 e. The summed E-state index contributed by atoms with van der Waals surface area (Å²) in [5.41, 5.74) is 1.79. The van der Waals surface area contributed by atoms with Gasteiger partial charge in [-0.15, -0.1) is 0 Å². The van der Waals surface area contributed by atoms with Crippen molar-refractivity contribution in [2.45, 2.75) is 6.92 Å². The van der Waals surface area contributed by atoms with Crippen LogP contribution in [0.3, 0.4) is 0 Å². The first-order chi connectivity index (χ1) is 10.2. The van der Waals surface area contributed by atoms with Gasteiger partial charge in [0.2, 0.25) is 0 Å². The summed E-state index contributed by atoms with van der Waals surface area (Å²) in [5.74, 6) is 1.23. The van der Waals surface area contributed by atoms with Crippen molar-refractivity contribution < 1.29 is 18.7 Å². The zero-order chi connectivity index (χ0) is 14.8. The highest BCUT2D eigenvalue weighted by Crippen LogP contribution is 2.35. The molecule has 0 bridgehead atoms. The van der Waals surface area contributed by atoms with Crippen molar-refractivity contribution in [3.63, 3.8) is 0 Å². The summed E-state index contributed by atoms with van der Waals surface area (Å²) >= 11 is 0. The predicted molar refractivity (Wildman–Crippen MR) is 77.4 cm³/mol. The molecule has 2 aromatic carbocycles. The summed E-state index contributed by atoms with van der Waals surface area (Å²) in [6, 6.07) is 9.66. The number of ether oxygens (including phenoxy) is 2. The first kappa shape index (κ1) is 13.6. The molecule has 0 amide bonds. The van der Waals surface area contributed by atoms with Gasteiger partial charge in [0.15, 0.2) is 17.8 Å². The van der Waals surface area contributed by atoms with Gasteiger partial charge in [-0.2, -0.15) is 0 Å². The van der Waals surface area contributed by atoms with Crippen molar-refractivity contribution in [1.82, 2.24) is 0 Å². The number of rotatable bonds is 2. The number of hydrogen-bond donors (Lipinski definition) is 0. The molecular weight excluding hydrogens is 271 g/mol. The molecule has 2 aromatic rings. The highest BCUT2D eigenvalue weighted by molar-refractivity contribution is 5.88. The molecule has 0 fully saturated rings. The van der Waals surface area contributed by atoms with Crippen LogP contribution in [-0.2, 0) is 0 Å². The van der Waals surface area contributed by atoms with Gasteiger partial charge in [-0.3, -0.25) is 4.79 Å². The SMILES string of the molecule is CC1COc2ccc(-c3ccc(F)cc3C=O)cc2OC1. The summed E-state index contributed by atoms with van der Waals surface area (Å²) in [6.45, 7) is 3.25.